The summed E-state index contributed by atoms with van der Waals surface area (Å²) in [6, 6.07) is 1.16. The minimum Gasteiger partial charge on any atom is -0.397 e. The van der Waals surface area contributed by atoms with E-state index in [4.69, 9.17) is 18.3 Å². The van der Waals surface area contributed by atoms with Crippen LogP contribution in [-0.2, 0) is 18.3 Å². The summed E-state index contributed by atoms with van der Waals surface area (Å²) < 4.78 is 22.1. The predicted molar refractivity (Wildman–Crippen MR) is 87.8 cm³/mol. The predicted octanol–water partition coefficient (Wildman–Crippen LogP) is 3.77. The second-order valence-electron chi connectivity index (χ2n) is 5.56. The van der Waals surface area contributed by atoms with Gasteiger partial charge in [-0.25, -0.2) is 0 Å². The van der Waals surface area contributed by atoms with Gasteiger partial charge in [-0.05, 0) is 26.3 Å². The molecule has 5 heteroatoms. The third-order valence-electron chi connectivity index (χ3n) is 3.75. The molecular formula is C16H34O4Si. The normalized spacial score (nSPS) is 18.1. The third kappa shape index (κ3) is 10.4. The Morgan fingerprint density at radius 3 is 2.00 bits per heavy atom. The molecule has 0 radical (unpaired) electrons. The Kier molecular flexibility index (Phi) is 12.5. The molecule has 0 aromatic heterocycles. The van der Waals surface area contributed by atoms with Crippen molar-refractivity contribution in [2.45, 2.75) is 77.5 Å². The fraction of sp³-hybridized carbons (Fsp3) is 1.00. The summed E-state index contributed by atoms with van der Waals surface area (Å²) in [6.45, 7) is 7.44. The molecule has 0 spiro atoms. The number of unbranched alkanes of at least 4 members (excludes halogenated alkanes) is 6. The summed E-state index contributed by atoms with van der Waals surface area (Å²) >= 11 is 0. The van der Waals surface area contributed by atoms with Gasteiger partial charge in [0.05, 0.1) is 6.61 Å². The quantitative estimate of drug-likeness (QED) is 0.340. The van der Waals surface area contributed by atoms with E-state index in [0.717, 1.165) is 38.9 Å². The zero-order chi connectivity index (χ0) is 15.2. The average Bonchev–Trinajstić information content (AvgIpc) is 2.43. The molecule has 0 aliphatic carbocycles. The topological polar surface area (TPSA) is 36.9 Å². The number of ether oxygens (including phenoxy) is 2. The molecule has 1 aliphatic heterocycles. The molecule has 0 saturated carbocycles. The van der Waals surface area contributed by atoms with E-state index in [1.165, 1.54) is 44.9 Å². The molecule has 1 atom stereocenters. The molecule has 21 heavy (non-hydrogen) atoms. The minimum absolute atomic E-state index is 0.109. The van der Waals surface area contributed by atoms with Crippen molar-refractivity contribution < 1.29 is 18.3 Å². The minimum atomic E-state index is -1.34. The highest BCUT2D eigenvalue weighted by Gasteiger charge is 2.17. The van der Waals surface area contributed by atoms with Gasteiger partial charge in [0, 0.05) is 26.2 Å². The molecular weight excluding hydrogens is 284 g/mol. The van der Waals surface area contributed by atoms with Crippen molar-refractivity contribution in [3.63, 3.8) is 0 Å². The van der Waals surface area contributed by atoms with E-state index in [2.05, 4.69) is 13.8 Å². The second-order valence-corrected chi connectivity index (χ2v) is 7.67. The molecule has 0 aromatic rings. The van der Waals surface area contributed by atoms with E-state index in [1.54, 1.807) is 0 Å². The molecule has 1 saturated heterocycles. The lowest BCUT2D eigenvalue weighted by atomic mass is 10.1. The molecule has 0 bridgehead atoms. The highest BCUT2D eigenvalue weighted by atomic mass is 28.3. The molecule has 4 nitrogen and oxygen atoms in total. The van der Waals surface area contributed by atoms with Crippen LogP contribution in [0.15, 0.2) is 0 Å². The molecule has 1 heterocycles. The Morgan fingerprint density at radius 2 is 1.48 bits per heavy atom. The SMILES string of the molecule is CCO[SiH](CCCCCCCCCOC1CCO1)OCC. The molecule has 1 aliphatic rings. The zero-order valence-corrected chi connectivity index (χ0v) is 15.1. The summed E-state index contributed by atoms with van der Waals surface area (Å²) in [5.41, 5.74) is 0. The molecule has 1 fully saturated rings. The van der Waals surface area contributed by atoms with Gasteiger partial charge in [0.2, 0.25) is 0 Å². The fourth-order valence-electron chi connectivity index (χ4n) is 2.44. The van der Waals surface area contributed by atoms with Crippen LogP contribution in [-0.4, -0.2) is 42.0 Å². The van der Waals surface area contributed by atoms with Gasteiger partial charge >= 0.3 is 9.28 Å². The van der Waals surface area contributed by atoms with Gasteiger partial charge < -0.3 is 18.3 Å². The molecule has 0 amide bonds. The van der Waals surface area contributed by atoms with Gasteiger partial charge in [-0.2, -0.15) is 0 Å². The highest BCUT2D eigenvalue weighted by Crippen LogP contribution is 2.14. The van der Waals surface area contributed by atoms with E-state index in [9.17, 15) is 0 Å². The Morgan fingerprint density at radius 1 is 0.905 bits per heavy atom. The molecule has 0 N–H and O–H groups in total. The van der Waals surface area contributed by atoms with Crippen molar-refractivity contribution >= 4 is 9.28 Å². The van der Waals surface area contributed by atoms with Crippen LogP contribution in [0.3, 0.4) is 0 Å². The number of hydrogen-bond acceptors (Lipinski definition) is 4. The smallest absolute Gasteiger partial charge is 0.321 e. The van der Waals surface area contributed by atoms with E-state index >= 15 is 0 Å². The lowest BCUT2D eigenvalue weighted by Gasteiger charge is -2.26. The maximum atomic E-state index is 5.68. The van der Waals surface area contributed by atoms with E-state index in [1.807, 2.05) is 0 Å². The first-order chi connectivity index (χ1) is 10.4. The van der Waals surface area contributed by atoms with E-state index < -0.39 is 9.28 Å². The first-order valence-electron chi connectivity index (χ1n) is 8.83. The third-order valence-corrected chi connectivity index (χ3v) is 6.04. The Labute approximate surface area is 132 Å². The molecule has 0 aromatic carbocycles. The van der Waals surface area contributed by atoms with Crippen LogP contribution < -0.4 is 0 Å². The summed E-state index contributed by atoms with van der Waals surface area (Å²) in [6.07, 6.45) is 10.2. The molecule has 1 unspecified atom stereocenters. The van der Waals surface area contributed by atoms with Gasteiger partial charge in [0.1, 0.15) is 0 Å². The van der Waals surface area contributed by atoms with Crippen molar-refractivity contribution in [1.29, 1.82) is 0 Å². The largest absolute Gasteiger partial charge is 0.397 e. The van der Waals surface area contributed by atoms with Crippen molar-refractivity contribution in [1.82, 2.24) is 0 Å². The Hall–Kier alpha value is 0.0569. The summed E-state index contributed by atoms with van der Waals surface area (Å²) in [7, 11) is -1.34. The van der Waals surface area contributed by atoms with Crippen molar-refractivity contribution in [3.05, 3.63) is 0 Å². The molecule has 126 valence electrons. The van der Waals surface area contributed by atoms with Crippen LogP contribution >= 0.6 is 0 Å². The van der Waals surface area contributed by atoms with E-state index in [0.29, 0.717) is 0 Å². The Bertz CT molecular complexity index is 218. The lowest BCUT2D eigenvalue weighted by molar-refractivity contribution is -0.214. The zero-order valence-electron chi connectivity index (χ0n) is 14.0. The van der Waals surface area contributed by atoms with Crippen molar-refractivity contribution in [2.24, 2.45) is 0 Å². The van der Waals surface area contributed by atoms with Gasteiger partial charge in [-0.1, -0.05) is 38.5 Å². The van der Waals surface area contributed by atoms with E-state index in [-0.39, 0.29) is 6.29 Å². The number of rotatable bonds is 15. The van der Waals surface area contributed by atoms with Gasteiger partial charge in [-0.3, -0.25) is 0 Å². The van der Waals surface area contributed by atoms with Crippen LogP contribution in [0.5, 0.6) is 0 Å². The van der Waals surface area contributed by atoms with Crippen LogP contribution in [0.1, 0.15) is 65.2 Å². The highest BCUT2D eigenvalue weighted by molar-refractivity contribution is 6.44. The van der Waals surface area contributed by atoms with Gasteiger partial charge in [0.25, 0.3) is 0 Å². The standard InChI is InChI=1S/C16H34O4Si/c1-3-19-21(20-4-2)15-11-9-7-5-6-8-10-13-17-16-12-14-18-16/h16,21H,3-15H2,1-2H3. The Balaban J connectivity index is 1.76. The first-order valence-corrected chi connectivity index (χ1v) is 10.6. The van der Waals surface area contributed by atoms with Crippen LogP contribution in [0, 0.1) is 0 Å². The fourth-order valence-corrected chi connectivity index (χ4v) is 4.24. The second kappa shape index (κ2) is 13.7. The summed E-state index contributed by atoms with van der Waals surface area (Å²) in [5.74, 6) is 0. The van der Waals surface area contributed by atoms with Gasteiger partial charge in [-0.15, -0.1) is 0 Å². The van der Waals surface area contributed by atoms with Crippen LogP contribution in [0.4, 0.5) is 0 Å². The lowest BCUT2D eigenvalue weighted by Crippen LogP contribution is -2.29. The maximum Gasteiger partial charge on any atom is 0.321 e. The summed E-state index contributed by atoms with van der Waals surface area (Å²) in [5, 5.41) is 0. The van der Waals surface area contributed by atoms with Crippen molar-refractivity contribution in [2.75, 3.05) is 26.4 Å². The van der Waals surface area contributed by atoms with Gasteiger partial charge in [0.15, 0.2) is 6.29 Å². The molecule has 1 rings (SSSR count). The monoisotopic (exact) mass is 318 g/mol. The van der Waals surface area contributed by atoms with Crippen LogP contribution in [0.2, 0.25) is 6.04 Å². The van der Waals surface area contributed by atoms with Crippen molar-refractivity contribution in [3.8, 4) is 0 Å². The summed E-state index contributed by atoms with van der Waals surface area (Å²) in [4.78, 5) is 0. The number of hydrogen-bond donors (Lipinski definition) is 0. The first kappa shape index (κ1) is 19.1. The average molecular weight is 319 g/mol. The maximum absolute atomic E-state index is 5.68. The van der Waals surface area contributed by atoms with Crippen LogP contribution in [0.25, 0.3) is 0 Å².